The van der Waals surface area contributed by atoms with E-state index in [1.807, 2.05) is 18.7 Å². The molecule has 0 unspecified atom stereocenters. The molecule has 0 aromatic carbocycles. The van der Waals surface area contributed by atoms with E-state index in [2.05, 4.69) is 25.3 Å². The number of carbonyl (C=O) groups excluding carboxylic acids is 1. The maximum absolute atomic E-state index is 12.6. The minimum atomic E-state index is -0.301. The third-order valence-corrected chi connectivity index (χ3v) is 4.97. The monoisotopic (exact) mass is 334 g/mol. The number of nitrogens with zero attached hydrogens (tertiary/aromatic N) is 6. The fraction of sp³-hybridized carbons (Fsp3) is 0.600. The molecule has 1 amide bonds. The summed E-state index contributed by atoms with van der Waals surface area (Å²) < 4.78 is 1.61. The second kappa shape index (κ2) is 7.18. The van der Waals surface area contributed by atoms with E-state index in [4.69, 9.17) is 0 Å². The quantitative estimate of drug-likeness (QED) is 0.844. The lowest BCUT2D eigenvalue weighted by Crippen LogP contribution is -2.39. The minimum absolute atomic E-state index is 0.113. The molecule has 0 saturated carbocycles. The van der Waals surface area contributed by atoms with Gasteiger partial charge in [0.25, 0.3) is 0 Å². The highest BCUT2D eigenvalue weighted by Crippen LogP contribution is 2.14. The molecule has 2 aromatic rings. The van der Waals surface area contributed by atoms with Crippen LogP contribution in [0.1, 0.15) is 30.1 Å². The van der Waals surface area contributed by atoms with Gasteiger partial charge in [0.15, 0.2) is 0 Å². The zero-order valence-electron chi connectivity index (χ0n) is 13.6. The lowest BCUT2D eigenvalue weighted by atomic mass is 10.2. The van der Waals surface area contributed by atoms with Gasteiger partial charge in [-0.3, -0.25) is 9.69 Å². The fourth-order valence-electron chi connectivity index (χ4n) is 2.85. The van der Waals surface area contributed by atoms with Crippen molar-refractivity contribution in [2.24, 2.45) is 0 Å². The van der Waals surface area contributed by atoms with Gasteiger partial charge in [0.05, 0.1) is 10.7 Å². The molecule has 3 heterocycles. The fourth-order valence-corrected chi connectivity index (χ4v) is 3.46. The van der Waals surface area contributed by atoms with Gasteiger partial charge in [-0.25, -0.2) is 14.6 Å². The summed E-state index contributed by atoms with van der Waals surface area (Å²) >= 11 is 1.69. The van der Waals surface area contributed by atoms with Gasteiger partial charge in [0.2, 0.25) is 5.91 Å². The Morgan fingerprint density at radius 3 is 2.91 bits per heavy atom. The Hall–Kier alpha value is -1.80. The molecule has 1 atom stereocenters. The first kappa shape index (κ1) is 16.1. The topological polar surface area (TPSA) is 67.2 Å². The van der Waals surface area contributed by atoms with Crippen LogP contribution in [0.5, 0.6) is 0 Å². The molecule has 0 bridgehead atoms. The molecule has 0 spiro atoms. The van der Waals surface area contributed by atoms with Crippen molar-refractivity contribution in [2.45, 2.75) is 32.9 Å². The Labute approximate surface area is 140 Å². The smallest absolute Gasteiger partial charge is 0.247 e. The summed E-state index contributed by atoms with van der Waals surface area (Å²) in [6.45, 7) is 8.20. The molecule has 1 fully saturated rings. The van der Waals surface area contributed by atoms with Crippen LogP contribution in [0.4, 0.5) is 0 Å². The van der Waals surface area contributed by atoms with Crippen molar-refractivity contribution in [2.75, 3.05) is 26.2 Å². The van der Waals surface area contributed by atoms with E-state index < -0.39 is 0 Å². The zero-order chi connectivity index (χ0) is 16.2. The third-order valence-electron chi connectivity index (χ3n) is 4.14. The highest BCUT2D eigenvalue weighted by Gasteiger charge is 2.25. The van der Waals surface area contributed by atoms with E-state index in [0.717, 1.165) is 49.8 Å². The number of rotatable bonds is 4. The van der Waals surface area contributed by atoms with E-state index in [0.29, 0.717) is 0 Å². The van der Waals surface area contributed by atoms with E-state index in [1.54, 1.807) is 22.3 Å². The summed E-state index contributed by atoms with van der Waals surface area (Å²) in [4.78, 5) is 25.4. The van der Waals surface area contributed by atoms with Crippen molar-refractivity contribution in [3.05, 3.63) is 28.7 Å². The molecular weight excluding hydrogens is 312 g/mol. The van der Waals surface area contributed by atoms with Gasteiger partial charge in [0, 0.05) is 38.1 Å². The van der Waals surface area contributed by atoms with Gasteiger partial charge in [-0.1, -0.05) is 0 Å². The van der Waals surface area contributed by atoms with Crippen LogP contribution in [0.3, 0.4) is 0 Å². The number of carbonyl (C=O) groups is 1. The van der Waals surface area contributed by atoms with Crippen LogP contribution in [0.25, 0.3) is 0 Å². The Kier molecular flexibility index (Phi) is 5.02. The number of amides is 1. The molecule has 124 valence electrons. The molecule has 0 aliphatic carbocycles. The predicted octanol–water partition coefficient (Wildman–Crippen LogP) is 1.34. The summed E-state index contributed by atoms with van der Waals surface area (Å²) in [5.41, 5.74) is 1.13. The van der Waals surface area contributed by atoms with Crippen molar-refractivity contribution in [3.8, 4) is 0 Å². The average molecular weight is 334 g/mol. The Morgan fingerprint density at radius 2 is 2.22 bits per heavy atom. The summed E-state index contributed by atoms with van der Waals surface area (Å²) in [5, 5.41) is 7.30. The summed E-state index contributed by atoms with van der Waals surface area (Å²) in [7, 11) is 0. The van der Waals surface area contributed by atoms with Crippen LogP contribution >= 0.6 is 11.3 Å². The van der Waals surface area contributed by atoms with Crippen LogP contribution in [0, 0.1) is 6.92 Å². The second-order valence-electron chi connectivity index (χ2n) is 5.86. The van der Waals surface area contributed by atoms with E-state index in [1.165, 1.54) is 6.33 Å². The standard InChI is InChI=1S/C15H22N6OS/c1-12(21-11-16-10-17-21)15(22)20-5-3-4-19(6-7-20)8-14-9-23-13(2)18-14/h9-12H,3-8H2,1-2H3/t12-/m1/s1. The number of aryl methyl sites for hydroxylation is 1. The van der Waals surface area contributed by atoms with Gasteiger partial charge >= 0.3 is 0 Å². The highest BCUT2D eigenvalue weighted by atomic mass is 32.1. The predicted molar refractivity (Wildman–Crippen MR) is 88.1 cm³/mol. The molecule has 0 radical (unpaired) electrons. The van der Waals surface area contributed by atoms with Crippen molar-refractivity contribution in [3.63, 3.8) is 0 Å². The van der Waals surface area contributed by atoms with Crippen LogP contribution in [0.2, 0.25) is 0 Å². The van der Waals surface area contributed by atoms with E-state index in [-0.39, 0.29) is 11.9 Å². The molecule has 1 saturated heterocycles. The van der Waals surface area contributed by atoms with Gasteiger partial charge in [-0.2, -0.15) is 5.10 Å². The van der Waals surface area contributed by atoms with Crippen LogP contribution in [-0.4, -0.2) is 61.6 Å². The summed E-state index contributed by atoms with van der Waals surface area (Å²) in [5.74, 6) is 0.113. The van der Waals surface area contributed by atoms with Gasteiger partial charge in [-0.15, -0.1) is 11.3 Å². The Morgan fingerprint density at radius 1 is 1.35 bits per heavy atom. The van der Waals surface area contributed by atoms with E-state index in [9.17, 15) is 4.79 Å². The molecule has 1 aliphatic heterocycles. The third kappa shape index (κ3) is 3.94. The number of thiazole rings is 1. The molecule has 0 N–H and O–H groups in total. The van der Waals surface area contributed by atoms with Crippen LogP contribution in [0.15, 0.2) is 18.0 Å². The molecule has 8 heteroatoms. The van der Waals surface area contributed by atoms with E-state index >= 15 is 0 Å². The Bertz CT molecular complexity index is 640. The molecule has 2 aromatic heterocycles. The average Bonchev–Trinajstić information content (AvgIpc) is 3.15. The lowest BCUT2D eigenvalue weighted by Gasteiger charge is -2.24. The summed E-state index contributed by atoms with van der Waals surface area (Å²) in [6, 6.07) is -0.301. The van der Waals surface area contributed by atoms with Crippen LogP contribution < -0.4 is 0 Å². The number of hydrogen-bond donors (Lipinski definition) is 0. The van der Waals surface area contributed by atoms with Crippen molar-refractivity contribution >= 4 is 17.2 Å². The SMILES string of the molecule is Cc1nc(CN2CCCN(C(=O)[C@@H](C)n3cncn3)CC2)cs1. The second-order valence-corrected chi connectivity index (χ2v) is 6.93. The molecule has 1 aliphatic rings. The minimum Gasteiger partial charge on any atom is -0.340 e. The summed E-state index contributed by atoms with van der Waals surface area (Å²) in [6.07, 6.45) is 4.04. The highest BCUT2D eigenvalue weighted by molar-refractivity contribution is 7.09. The first-order valence-electron chi connectivity index (χ1n) is 7.90. The zero-order valence-corrected chi connectivity index (χ0v) is 14.4. The van der Waals surface area contributed by atoms with Gasteiger partial charge in [0.1, 0.15) is 18.7 Å². The Balaban J connectivity index is 1.56. The first-order valence-corrected chi connectivity index (χ1v) is 8.77. The largest absolute Gasteiger partial charge is 0.340 e. The maximum atomic E-state index is 12.6. The number of aromatic nitrogens is 4. The molecule has 7 nitrogen and oxygen atoms in total. The molecular formula is C15H22N6OS. The number of hydrogen-bond acceptors (Lipinski definition) is 6. The van der Waals surface area contributed by atoms with Gasteiger partial charge < -0.3 is 4.90 Å². The normalized spacial score (nSPS) is 17.9. The lowest BCUT2D eigenvalue weighted by molar-refractivity contribution is -0.134. The van der Waals surface area contributed by atoms with Crippen LogP contribution in [-0.2, 0) is 11.3 Å². The first-order chi connectivity index (χ1) is 11.1. The van der Waals surface area contributed by atoms with Crippen molar-refractivity contribution in [1.82, 2.24) is 29.5 Å². The molecule has 23 heavy (non-hydrogen) atoms. The van der Waals surface area contributed by atoms with Gasteiger partial charge in [-0.05, 0) is 20.3 Å². The molecule has 3 rings (SSSR count). The maximum Gasteiger partial charge on any atom is 0.247 e. The van der Waals surface area contributed by atoms with Crippen molar-refractivity contribution < 1.29 is 4.79 Å². The van der Waals surface area contributed by atoms with Crippen molar-refractivity contribution in [1.29, 1.82) is 0 Å².